The molecular formula is C25H32FN2O+. The molecule has 2 fully saturated rings. The number of carbonyl (C=O) groups excluding carboxylic acids is 1. The van der Waals surface area contributed by atoms with Crippen molar-refractivity contribution in [2.75, 3.05) is 26.2 Å². The van der Waals surface area contributed by atoms with E-state index in [1.54, 1.807) is 0 Å². The molecule has 0 bridgehead atoms. The third kappa shape index (κ3) is 5.45. The summed E-state index contributed by atoms with van der Waals surface area (Å²) in [5.74, 6) is 1.00. The molecule has 0 aliphatic carbocycles. The van der Waals surface area contributed by atoms with Gasteiger partial charge in [-0.25, -0.2) is 4.39 Å². The van der Waals surface area contributed by atoms with E-state index in [9.17, 15) is 9.18 Å². The molecule has 0 radical (unpaired) electrons. The first kappa shape index (κ1) is 20.1. The molecule has 29 heavy (non-hydrogen) atoms. The number of hydrogen-bond donors (Lipinski definition) is 1. The predicted molar refractivity (Wildman–Crippen MR) is 113 cm³/mol. The number of amides is 1. The Bertz CT molecular complexity index is 784. The second-order valence-electron chi connectivity index (χ2n) is 8.80. The van der Waals surface area contributed by atoms with E-state index in [4.69, 9.17) is 0 Å². The summed E-state index contributed by atoms with van der Waals surface area (Å²) in [6.07, 6.45) is 5.45. The van der Waals surface area contributed by atoms with Crippen molar-refractivity contribution in [1.82, 2.24) is 4.90 Å². The molecule has 0 aromatic heterocycles. The van der Waals surface area contributed by atoms with Gasteiger partial charge < -0.3 is 9.80 Å². The van der Waals surface area contributed by atoms with Crippen LogP contribution in [0, 0.1) is 17.7 Å². The highest BCUT2D eigenvalue weighted by Gasteiger charge is 2.33. The monoisotopic (exact) mass is 395 g/mol. The molecule has 2 heterocycles. The van der Waals surface area contributed by atoms with Crippen molar-refractivity contribution in [1.29, 1.82) is 0 Å². The summed E-state index contributed by atoms with van der Waals surface area (Å²) in [5.41, 5.74) is 2.56. The first-order chi connectivity index (χ1) is 14.2. The Morgan fingerprint density at radius 2 is 1.69 bits per heavy atom. The number of likely N-dealkylation sites (tertiary alicyclic amines) is 2. The van der Waals surface area contributed by atoms with E-state index in [0.717, 1.165) is 70.4 Å². The molecule has 4 heteroatoms. The second kappa shape index (κ2) is 9.53. The number of piperidine rings is 2. The molecule has 1 unspecified atom stereocenters. The average molecular weight is 396 g/mol. The van der Waals surface area contributed by atoms with Crippen LogP contribution in [0.25, 0.3) is 0 Å². The number of halogens is 1. The van der Waals surface area contributed by atoms with Crippen LogP contribution in [0.4, 0.5) is 4.39 Å². The maximum Gasteiger partial charge on any atom is 0.231 e. The maximum atomic E-state index is 13.1. The minimum absolute atomic E-state index is 0.143. The molecule has 1 N–H and O–H groups in total. The average Bonchev–Trinajstić information content (AvgIpc) is 2.76. The fraction of sp³-hybridized carbons (Fsp3) is 0.480. The van der Waals surface area contributed by atoms with Gasteiger partial charge in [-0.1, -0.05) is 42.5 Å². The number of hydrogen-bond acceptors (Lipinski definition) is 1. The van der Waals surface area contributed by atoms with Gasteiger partial charge >= 0.3 is 0 Å². The third-order valence-corrected chi connectivity index (χ3v) is 6.63. The molecule has 4 rings (SSSR count). The Labute approximate surface area is 173 Å². The molecule has 2 aliphatic rings. The van der Waals surface area contributed by atoms with Crippen molar-refractivity contribution in [3.8, 4) is 0 Å². The number of nitrogens with zero attached hydrogens (tertiary/aromatic N) is 1. The lowest BCUT2D eigenvalue weighted by Crippen LogP contribution is -3.12. The molecular weight excluding hydrogens is 363 g/mol. The van der Waals surface area contributed by atoms with Gasteiger partial charge in [0.15, 0.2) is 0 Å². The van der Waals surface area contributed by atoms with E-state index >= 15 is 0 Å². The molecule has 0 saturated carbocycles. The zero-order valence-electron chi connectivity index (χ0n) is 17.2. The summed E-state index contributed by atoms with van der Waals surface area (Å²) in [7, 11) is 0. The van der Waals surface area contributed by atoms with Crippen LogP contribution in [0.5, 0.6) is 0 Å². The quantitative estimate of drug-likeness (QED) is 0.827. The number of carbonyl (C=O) groups is 1. The molecule has 154 valence electrons. The fourth-order valence-corrected chi connectivity index (χ4v) is 4.98. The van der Waals surface area contributed by atoms with E-state index in [1.165, 1.54) is 22.6 Å². The standard InChI is InChI=1S/C25H31FN2O/c26-24-10-8-22(9-11-24)18-27-14-4-7-23(19-27)25(29)28-15-12-21(13-16-28)17-20-5-2-1-3-6-20/h1-3,5-6,8-11,21,23H,4,7,12-19H2/p+1/t23-/m0/s1. The smallest absolute Gasteiger partial charge is 0.231 e. The van der Waals surface area contributed by atoms with Crippen molar-refractivity contribution in [2.45, 2.75) is 38.6 Å². The normalized spacial score (nSPS) is 23.1. The van der Waals surface area contributed by atoms with E-state index in [0.29, 0.717) is 11.8 Å². The number of quaternary nitrogens is 1. The molecule has 2 aromatic carbocycles. The topological polar surface area (TPSA) is 24.8 Å². The largest absolute Gasteiger partial charge is 0.342 e. The van der Waals surface area contributed by atoms with Crippen molar-refractivity contribution in [3.05, 3.63) is 71.5 Å². The lowest BCUT2D eigenvalue weighted by atomic mass is 9.89. The van der Waals surface area contributed by atoms with Gasteiger partial charge in [-0.15, -0.1) is 0 Å². The molecule has 1 amide bonds. The molecule has 2 aromatic rings. The van der Waals surface area contributed by atoms with Crippen LogP contribution in [-0.4, -0.2) is 37.0 Å². The highest BCUT2D eigenvalue weighted by atomic mass is 19.1. The highest BCUT2D eigenvalue weighted by Crippen LogP contribution is 2.23. The van der Waals surface area contributed by atoms with E-state index in [2.05, 4.69) is 35.2 Å². The van der Waals surface area contributed by atoms with Crippen LogP contribution in [-0.2, 0) is 17.8 Å². The first-order valence-electron chi connectivity index (χ1n) is 11.1. The Kier molecular flexibility index (Phi) is 6.60. The minimum Gasteiger partial charge on any atom is -0.342 e. The van der Waals surface area contributed by atoms with Crippen LogP contribution in [0.15, 0.2) is 54.6 Å². The zero-order chi connectivity index (χ0) is 20.1. The van der Waals surface area contributed by atoms with Gasteiger partial charge in [0.05, 0.1) is 19.0 Å². The Morgan fingerprint density at radius 1 is 0.966 bits per heavy atom. The van der Waals surface area contributed by atoms with Gasteiger partial charge in [0.2, 0.25) is 5.91 Å². The molecule has 3 nitrogen and oxygen atoms in total. The van der Waals surface area contributed by atoms with E-state index in [1.807, 2.05) is 12.1 Å². The maximum absolute atomic E-state index is 13.1. The number of benzene rings is 2. The van der Waals surface area contributed by atoms with Crippen molar-refractivity contribution in [3.63, 3.8) is 0 Å². The third-order valence-electron chi connectivity index (χ3n) is 6.63. The highest BCUT2D eigenvalue weighted by molar-refractivity contribution is 5.79. The van der Waals surface area contributed by atoms with Gasteiger partial charge in [-0.05, 0) is 55.7 Å². The SMILES string of the molecule is O=C([C@H]1CCC[NH+](Cc2ccc(F)cc2)C1)N1CCC(Cc2ccccc2)CC1. The molecule has 2 saturated heterocycles. The Hall–Kier alpha value is -2.20. The van der Waals surface area contributed by atoms with Crippen LogP contribution in [0.1, 0.15) is 36.8 Å². The number of nitrogens with one attached hydrogen (secondary N) is 1. The zero-order valence-corrected chi connectivity index (χ0v) is 17.2. The fourth-order valence-electron chi connectivity index (χ4n) is 4.98. The van der Waals surface area contributed by atoms with Crippen LogP contribution in [0.2, 0.25) is 0 Å². The van der Waals surface area contributed by atoms with Gasteiger partial charge in [-0.3, -0.25) is 4.79 Å². The molecule has 2 aliphatic heterocycles. The van der Waals surface area contributed by atoms with Crippen LogP contribution in [0.3, 0.4) is 0 Å². The molecule has 0 spiro atoms. The summed E-state index contributed by atoms with van der Waals surface area (Å²) in [6, 6.07) is 17.5. The van der Waals surface area contributed by atoms with Crippen LogP contribution >= 0.6 is 0 Å². The van der Waals surface area contributed by atoms with Gasteiger partial charge in [0.25, 0.3) is 0 Å². The van der Waals surface area contributed by atoms with Gasteiger partial charge in [0, 0.05) is 18.7 Å². The van der Waals surface area contributed by atoms with Crippen molar-refractivity contribution in [2.24, 2.45) is 11.8 Å². The van der Waals surface area contributed by atoms with Crippen LogP contribution < -0.4 is 4.90 Å². The van der Waals surface area contributed by atoms with E-state index < -0.39 is 0 Å². The first-order valence-corrected chi connectivity index (χ1v) is 11.1. The van der Waals surface area contributed by atoms with Gasteiger partial charge in [-0.2, -0.15) is 0 Å². The number of rotatable bonds is 5. The molecule has 2 atom stereocenters. The van der Waals surface area contributed by atoms with Crippen molar-refractivity contribution >= 4 is 5.91 Å². The Balaban J connectivity index is 1.26. The lowest BCUT2D eigenvalue weighted by molar-refractivity contribution is -0.921. The van der Waals surface area contributed by atoms with E-state index in [-0.39, 0.29) is 11.7 Å². The second-order valence-corrected chi connectivity index (χ2v) is 8.80. The summed E-state index contributed by atoms with van der Waals surface area (Å²) in [4.78, 5) is 16.7. The minimum atomic E-state index is -0.189. The van der Waals surface area contributed by atoms with Crippen molar-refractivity contribution < 1.29 is 14.1 Å². The van der Waals surface area contributed by atoms with Gasteiger partial charge in [0.1, 0.15) is 12.4 Å². The summed E-state index contributed by atoms with van der Waals surface area (Å²) in [5, 5.41) is 0. The predicted octanol–water partition coefficient (Wildman–Crippen LogP) is 3.10. The summed E-state index contributed by atoms with van der Waals surface area (Å²) < 4.78 is 13.1. The Morgan fingerprint density at radius 3 is 2.41 bits per heavy atom. The summed E-state index contributed by atoms with van der Waals surface area (Å²) >= 11 is 0. The lowest BCUT2D eigenvalue weighted by Gasteiger charge is -2.36. The summed E-state index contributed by atoms with van der Waals surface area (Å²) in [6.45, 7) is 4.68.